The molecule has 302 valence electrons. The molecule has 0 aromatic heterocycles. The van der Waals surface area contributed by atoms with E-state index in [4.69, 9.17) is 0 Å². The van der Waals surface area contributed by atoms with Crippen molar-refractivity contribution in [3.8, 4) is 33.4 Å². The van der Waals surface area contributed by atoms with Gasteiger partial charge in [0.05, 0.1) is 16.8 Å². The summed E-state index contributed by atoms with van der Waals surface area (Å²) in [5.74, 6) is 0. The maximum Gasteiger partial charge on any atom is 0.182 e. The lowest BCUT2D eigenvalue weighted by atomic mass is 9.64. The van der Waals surface area contributed by atoms with Crippen LogP contribution in [-0.4, -0.2) is 8.07 Å². The quantitative estimate of drug-likeness (QED) is 0.149. The second-order valence-electron chi connectivity index (χ2n) is 20.4. The molecule has 2 heteroatoms. The van der Waals surface area contributed by atoms with Crippen LogP contribution in [0.1, 0.15) is 74.9 Å². The van der Waals surface area contributed by atoms with Gasteiger partial charge in [-0.2, -0.15) is 0 Å². The van der Waals surface area contributed by atoms with Gasteiger partial charge in [0, 0.05) is 5.69 Å². The van der Waals surface area contributed by atoms with E-state index in [0.29, 0.717) is 0 Å². The number of hydrogen-bond acceptors (Lipinski definition) is 1. The predicted molar refractivity (Wildman–Crippen MR) is 268 cm³/mol. The summed E-state index contributed by atoms with van der Waals surface area (Å²) < 4.78 is 0. The molecule has 0 saturated heterocycles. The van der Waals surface area contributed by atoms with E-state index in [2.05, 4.69) is 234 Å². The normalized spacial score (nSPS) is 15.4. The van der Waals surface area contributed by atoms with Crippen LogP contribution in [0.3, 0.4) is 0 Å². The Morgan fingerprint density at radius 3 is 1.43 bits per heavy atom. The van der Waals surface area contributed by atoms with E-state index in [1.165, 1.54) is 115 Å². The van der Waals surface area contributed by atoms with Gasteiger partial charge in [-0.15, -0.1) is 0 Å². The van der Waals surface area contributed by atoms with Gasteiger partial charge in [-0.3, -0.25) is 0 Å². The van der Waals surface area contributed by atoms with Crippen molar-refractivity contribution in [2.45, 2.75) is 57.8 Å². The Bertz CT molecular complexity index is 3290. The van der Waals surface area contributed by atoms with Crippen molar-refractivity contribution in [3.05, 3.63) is 221 Å². The Hall–Kier alpha value is -6.74. The number of nitrogens with zero attached hydrogens (tertiary/aromatic N) is 1. The van der Waals surface area contributed by atoms with Crippen LogP contribution in [0, 0.1) is 0 Å². The fourth-order valence-electron chi connectivity index (χ4n) is 12.4. The molecule has 13 rings (SSSR count). The summed E-state index contributed by atoms with van der Waals surface area (Å²) in [6, 6.07) is 73.3. The molecule has 63 heavy (non-hydrogen) atoms. The standard InChI is InChI=1S/C61H49NSi/c1-59(2,3)39-28-31-45-46-32-29-40(60(4,5)6)36-56(46)63(55(45)35-39)54-34-27-38-17-7-8-18-42(38)58(54)47-33-30-41(37-57(47)63)62-52-25-15-13-23-50(52)61(51-24-14-16-26-53(51)62)48-21-11-9-19-43(48)44-20-10-12-22-49(44)61/h7-37H,1-6H3. The Morgan fingerprint density at radius 1 is 0.381 bits per heavy atom. The summed E-state index contributed by atoms with van der Waals surface area (Å²) >= 11 is 0. The van der Waals surface area contributed by atoms with Crippen LogP contribution in [0.4, 0.5) is 17.1 Å². The lowest BCUT2D eigenvalue weighted by Crippen LogP contribution is -2.71. The first kappa shape index (κ1) is 36.9. The molecule has 3 aliphatic heterocycles. The molecule has 1 nitrogen and oxygen atoms in total. The first-order valence-corrected chi connectivity index (χ1v) is 24.7. The topological polar surface area (TPSA) is 3.24 Å². The Kier molecular flexibility index (Phi) is 7.29. The summed E-state index contributed by atoms with van der Waals surface area (Å²) in [5.41, 5.74) is 19.6. The highest BCUT2D eigenvalue weighted by atomic mass is 28.3. The van der Waals surface area contributed by atoms with Gasteiger partial charge in [0.15, 0.2) is 8.07 Å². The van der Waals surface area contributed by atoms with Crippen molar-refractivity contribution in [1.82, 2.24) is 0 Å². The highest BCUT2D eigenvalue weighted by Gasteiger charge is 2.56. The van der Waals surface area contributed by atoms with E-state index in [-0.39, 0.29) is 10.8 Å². The van der Waals surface area contributed by atoms with Crippen LogP contribution in [0.5, 0.6) is 0 Å². The number of hydrogen-bond donors (Lipinski definition) is 0. The predicted octanol–water partition coefficient (Wildman–Crippen LogP) is 12.9. The largest absolute Gasteiger partial charge is 0.310 e. The van der Waals surface area contributed by atoms with Crippen LogP contribution >= 0.6 is 0 Å². The van der Waals surface area contributed by atoms with Crippen molar-refractivity contribution in [2.24, 2.45) is 0 Å². The molecule has 0 amide bonds. The maximum absolute atomic E-state index is 2.92. The average Bonchev–Trinajstić information content (AvgIpc) is 3.88. The zero-order valence-corrected chi connectivity index (χ0v) is 37.8. The van der Waals surface area contributed by atoms with Gasteiger partial charge in [-0.1, -0.05) is 205 Å². The highest BCUT2D eigenvalue weighted by Crippen LogP contribution is 2.63. The monoisotopic (exact) mass is 823 g/mol. The number of rotatable bonds is 1. The second-order valence-corrected chi connectivity index (χ2v) is 24.1. The van der Waals surface area contributed by atoms with Gasteiger partial charge in [0.1, 0.15) is 0 Å². The van der Waals surface area contributed by atoms with Crippen LogP contribution in [0.15, 0.2) is 188 Å². The molecule has 0 saturated carbocycles. The highest BCUT2D eigenvalue weighted by molar-refractivity contribution is 7.24. The van der Waals surface area contributed by atoms with Gasteiger partial charge in [-0.05, 0) is 133 Å². The van der Waals surface area contributed by atoms with Crippen LogP contribution in [-0.2, 0) is 16.2 Å². The molecule has 0 fully saturated rings. The van der Waals surface area contributed by atoms with Gasteiger partial charge >= 0.3 is 0 Å². The van der Waals surface area contributed by atoms with Crippen molar-refractivity contribution < 1.29 is 0 Å². The van der Waals surface area contributed by atoms with E-state index in [0.717, 1.165) is 0 Å². The first-order valence-electron chi connectivity index (χ1n) is 22.7. The van der Waals surface area contributed by atoms with E-state index in [1.807, 2.05) is 0 Å². The Morgan fingerprint density at radius 2 is 0.857 bits per heavy atom. The van der Waals surface area contributed by atoms with Crippen LogP contribution in [0.25, 0.3) is 44.2 Å². The fourth-order valence-corrected chi connectivity index (χ4v) is 18.1. The van der Waals surface area contributed by atoms with Crippen molar-refractivity contribution in [1.29, 1.82) is 0 Å². The third-order valence-corrected chi connectivity index (χ3v) is 20.1. The summed E-state index contributed by atoms with van der Waals surface area (Å²) in [7, 11) is -2.92. The molecule has 1 aliphatic carbocycles. The smallest absolute Gasteiger partial charge is 0.182 e. The van der Waals surface area contributed by atoms with Crippen molar-refractivity contribution >= 4 is 56.7 Å². The van der Waals surface area contributed by atoms with Gasteiger partial charge < -0.3 is 4.90 Å². The number of fused-ring (bicyclic) bond motifs is 21. The van der Waals surface area contributed by atoms with E-state index in [9.17, 15) is 0 Å². The van der Waals surface area contributed by atoms with Crippen molar-refractivity contribution in [2.75, 3.05) is 4.90 Å². The molecular weight excluding hydrogens is 775 g/mol. The second kappa shape index (κ2) is 12.5. The summed E-state index contributed by atoms with van der Waals surface area (Å²) in [4.78, 5) is 2.59. The van der Waals surface area contributed by atoms with Crippen molar-refractivity contribution in [3.63, 3.8) is 0 Å². The molecule has 4 aliphatic rings. The van der Waals surface area contributed by atoms with E-state index < -0.39 is 13.5 Å². The average molecular weight is 824 g/mol. The van der Waals surface area contributed by atoms with E-state index >= 15 is 0 Å². The molecule has 0 radical (unpaired) electrons. The Balaban J connectivity index is 1.14. The van der Waals surface area contributed by atoms with Gasteiger partial charge in [0.25, 0.3) is 0 Å². The summed E-state index contributed by atoms with van der Waals surface area (Å²) in [6.45, 7) is 14.2. The molecule has 0 N–H and O–H groups in total. The third-order valence-electron chi connectivity index (χ3n) is 15.2. The summed E-state index contributed by atoms with van der Waals surface area (Å²) in [5, 5.41) is 8.71. The molecular formula is C61H49NSi. The maximum atomic E-state index is 2.64. The Labute approximate surface area is 372 Å². The lowest BCUT2D eigenvalue weighted by Gasteiger charge is -2.45. The minimum absolute atomic E-state index is 0.000116. The summed E-state index contributed by atoms with van der Waals surface area (Å²) in [6.07, 6.45) is 0. The minimum Gasteiger partial charge on any atom is -0.310 e. The van der Waals surface area contributed by atoms with Crippen LogP contribution < -0.4 is 25.6 Å². The number of para-hydroxylation sites is 2. The molecule has 9 aromatic carbocycles. The van der Waals surface area contributed by atoms with Gasteiger partial charge in [0.2, 0.25) is 0 Å². The lowest BCUT2D eigenvalue weighted by molar-refractivity contribution is 0.590. The minimum atomic E-state index is -2.92. The molecule has 3 heterocycles. The molecule has 2 spiro atoms. The zero-order valence-electron chi connectivity index (χ0n) is 36.8. The molecule has 9 aromatic rings. The SMILES string of the molecule is CC(C)(C)c1ccc2c(c1)[Si]1(c3cc(C(C)(C)C)ccc3-2)c2cc(N3c4ccccc4C4(c5ccccc5-c5ccccc54)c4ccccc43)ccc2-c2c1ccc1ccccc21. The number of anilines is 3. The molecule has 0 unspecified atom stereocenters. The third kappa shape index (κ3) is 4.62. The first-order chi connectivity index (χ1) is 30.5. The molecule has 0 bridgehead atoms. The number of benzene rings is 9. The van der Waals surface area contributed by atoms with E-state index in [1.54, 1.807) is 0 Å². The molecule has 0 atom stereocenters. The van der Waals surface area contributed by atoms with Gasteiger partial charge in [-0.25, -0.2) is 0 Å². The van der Waals surface area contributed by atoms with Crippen LogP contribution in [0.2, 0.25) is 0 Å². The zero-order chi connectivity index (χ0) is 42.6. The fraction of sp³-hybridized carbons (Fsp3) is 0.148.